The van der Waals surface area contributed by atoms with Crippen molar-refractivity contribution >= 4 is 11.5 Å². The fourth-order valence-corrected chi connectivity index (χ4v) is 3.77. The van der Waals surface area contributed by atoms with Crippen LogP contribution in [0.15, 0.2) is 24.3 Å². The number of hydrogen-bond acceptors (Lipinski definition) is 2. The molecule has 2 fully saturated rings. The molecule has 1 aromatic rings. The van der Waals surface area contributed by atoms with Crippen LogP contribution in [0, 0.1) is 5.41 Å². The first-order chi connectivity index (χ1) is 9.19. The van der Waals surface area contributed by atoms with Gasteiger partial charge >= 0.3 is 0 Å². The van der Waals surface area contributed by atoms with E-state index in [0.717, 1.165) is 5.56 Å². The third-order valence-corrected chi connectivity index (χ3v) is 4.99. The van der Waals surface area contributed by atoms with Crippen LogP contribution in [0.3, 0.4) is 0 Å². The molecule has 1 saturated heterocycles. The lowest BCUT2D eigenvalue weighted by Gasteiger charge is -2.33. The standard InChI is InChI=1S/C17H23NO/c1-14(19)15-5-7-16(8-6-15)18-12-11-17(13-18)9-3-2-4-10-17/h5-8H,2-4,9-13H2,1H3. The van der Waals surface area contributed by atoms with Gasteiger partial charge in [-0.1, -0.05) is 19.3 Å². The number of nitrogens with zero attached hydrogens (tertiary/aromatic N) is 1. The third kappa shape index (κ3) is 2.54. The summed E-state index contributed by atoms with van der Waals surface area (Å²) in [7, 11) is 0. The van der Waals surface area contributed by atoms with Crippen LogP contribution in [-0.4, -0.2) is 18.9 Å². The van der Waals surface area contributed by atoms with E-state index in [1.165, 1.54) is 57.3 Å². The first kappa shape index (κ1) is 12.7. The number of hydrogen-bond donors (Lipinski definition) is 0. The molecule has 2 aliphatic rings. The molecule has 1 aromatic carbocycles. The largest absolute Gasteiger partial charge is 0.371 e. The van der Waals surface area contributed by atoms with Crippen molar-refractivity contribution in [2.24, 2.45) is 5.41 Å². The number of ketones is 1. The second kappa shape index (κ2) is 4.99. The Hall–Kier alpha value is -1.31. The number of carbonyl (C=O) groups is 1. The van der Waals surface area contributed by atoms with Crippen molar-refractivity contribution in [3.8, 4) is 0 Å². The molecule has 0 unspecified atom stereocenters. The van der Waals surface area contributed by atoms with Gasteiger partial charge in [0.1, 0.15) is 0 Å². The summed E-state index contributed by atoms with van der Waals surface area (Å²) in [5, 5.41) is 0. The van der Waals surface area contributed by atoms with E-state index in [1.54, 1.807) is 6.92 Å². The van der Waals surface area contributed by atoms with Gasteiger partial charge in [0.15, 0.2) is 5.78 Å². The van der Waals surface area contributed by atoms with Crippen LogP contribution in [0.4, 0.5) is 5.69 Å². The molecule has 19 heavy (non-hydrogen) atoms. The molecule has 1 aliphatic heterocycles. The van der Waals surface area contributed by atoms with Gasteiger partial charge in [-0.15, -0.1) is 0 Å². The maximum absolute atomic E-state index is 11.3. The van der Waals surface area contributed by atoms with Crippen molar-refractivity contribution in [1.29, 1.82) is 0 Å². The highest BCUT2D eigenvalue weighted by molar-refractivity contribution is 5.94. The van der Waals surface area contributed by atoms with Gasteiger partial charge in [0, 0.05) is 24.3 Å². The monoisotopic (exact) mass is 257 g/mol. The average Bonchev–Trinajstić information content (AvgIpc) is 2.83. The van der Waals surface area contributed by atoms with Crippen molar-refractivity contribution in [3.63, 3.8) is 0 Å². The first-order valence-electron chi connectivity index (χ1n) is 7.55. The van der Waals surface area contributed by atoms with Crippen molar-refractivity contribution in [2.45, 2.75) is 45.4 Å². The zero-order valence-electron chi connectivity index (χ0n) is 11.8. The van der Waals surface area contributed by atoms with Crippen LogP contribution in [0.2, 0.25) is 0 Å². The zero-order valence-corrected chi connectivity index (χ0v) is 11.8. The van der Waals surface area contributed by atoms with Crippen LogP contribution in [0.1, 0.15) is 55.8 Å². The predicted molar refractivity (Wildman–Crippen MR) is 78.8 cm³/mol. The zero-order chi connectivity index (χ0) is 13.3. The van der Waals surface area contributed by atoms with Crippen molar-refractivity contribution in [2.75, 3.05) is 18.0 Å². The maximum Gasteiger partial charge on any atom is 0.159 e. The lowest BCUT2D eigenvalue weighted by atomic mass is 9.73. The fraction of sp³-hybridized carbons (Fsp3) is 0.588. The molecular weight excluding hydrogens is 234 g/mol. The molecule has 0 atom stereocenters. The molecule has 1 aliphatic carbocycles. The Morgan fingerprint density at radius 2 is 1.74 bits per heavy atom. The third-order valence-electron chi connectivity index (χ3n) is 4.99. The normalized spacial score (nSPS) is 21.8. The summed E-state index contributed by atoms with van der Waals surface area (Å²) in [5.41, 5.74) is 2.69. The highest BCUT2D eigenvalue weighted by Gasteiger charge is 2.38. The SMILES string of the molecule is CC(=O)c1ccc(N2CCC3(CCCCC3)C2)cc1. The molecule has 2 heteroatoms. The summed E-state index contributed by atoms with van der Waals surface area (Å²) < 4.78 is 0. The Morgan fingerprint density at radius 3 is 2.37 bits per heavy atom. The van der Waals surface area contributed by atoms with E-state index in [9.17, 15) is 4.79 Å². The highest BCUT2D eigenvalue weighted by Crippen LogP contribution is 2.44. The van der Waals surface area contributed by atoms with Gasteiger partial charge in [-0.05, 0) is 55.9 Å². The van der Waals surface area contributed by atoms with Crippen LogP contribution in [-0.2, 0) is 0 Å². The van der Waals surface area contributed by atoms with Gasteiger partial charge in [0.25, 0.3) is 0 Å². The van der Waals surface area contributed by atoms with Crippen molar-refractivity contribution < 1.29 is 4.79 Å². The number of benzene rings is 1. The second-order valence-electron chi connectivity index (χ2n) is 6.34. The van der Waals surface area contributed by atoms with Gasteiger partial charge < -0.3 is 4.90 Å². The van der Waals surface area contributed by atoms with Gasteiger partial charge in [-0.25, -0.2) is 0 Å². The van der Waals surface area contributed by atoms with Crippen LogP contribution >= 0.6 is 0 Å². The number of carbonyl (C=O) groups excluding carboxylic acids is 1. The predicted octanol–water partition coefficient (Wildman–Crippen LogP) is 4.05. The van der Waals surface area contributed by atoms with E-state index in [1.807, 2.05) is 12.1 Å². The minimum Gasteiger partial charge on any atom is -0.371 e. The second-order valence-corrected chi connectivity index (χ2v) is 6.34. The number of anilines is 1. The van der Waals surface area contributed by atoms with E-state index in [-0.39, 0.29) is 5.78 Å². The van der Waals surface area contributed by atoms with Gasteiger partial charge in [0.2, 0.25) is 0 Å². The van der Waals surface area contributed by atoms with Crippen molar-refractivity contribution in [1.82, 2.24) is 0 Å². The molecule has 0 aromatic heterocycles. The van der Waals surface area contributed by atoms with Crippen molar-refractivity contribution in [3.05, 3.63) is 29.8 Å². The molecule has 102 valence electrons. The summed E-state index contributed by atoms with van der Waals surface area (Å²) in [6.07, 6.45) is 8.43. The average molecular weight is 257 g/mol. The Morgan fingerprint density at radius 1 is 1.05 bits per heavy atom. The molecule has 0 amide bonds. The minimum atomic E-state index is 0.150. The van der Waals surface area contributed by atoms with E-state index in [4.69, 9.17) is 0 Å². The molecule has 0 N–H and O–H groups in total. The molecule has 1 heterocycles. The van der Waals surface area contributed by atoms with Crippen LogP contribution < -0.4 is 4.90 Å². The molecule has 0 radical (unpaired) electrons. The molecule has 1 saturated carbocycles. The van der Waals surface area contributed by atoms with E-state index in [2.05, 4.69) is 17.0 Å². The topological polar surface area (TPSA) is 20.3 Å². The Bertz CT molecular complexity index is 457. The van der Waals surface area contributed by atoms with Gasteiger partial charge in [-0.3, -0.25) is 4.79 Å². The fourth-order valence-electron chi connectivity index (χ4n) is 3.77. The first-order valence-corrected chi connectivity index (χ1v) is 7.55. The van der Waals surface area contributed by atoms with E-state index < -0.39 is 0 Å². The maximum atomic E-state index is 11.3. The lowest BCUT2D eigenvalue weighted by molar-refractivity contribution is 0.101. The van der Waals surface area contributed by atoms with Gasteiger partial charge in [-0.2, -0.15) is 0 Å². The Kier molecular flexibility index (Phi) is 3.34. The summed E-state index contributed by atoms with van der Waals surface area (Å²) in [6.45, 7) is 4.02. The Balaban J connectivity index is 1.72. The molecule has 0 bridgehead atoms. The summed E-state index contributed by atoms with van der Waals surface area (Å²) in [5.74, 6) is 0.150. The smallest absolute Gasteiger partial charge is 0.159 e. The molecule has 2 nitrogen and oxygen atoms in total. The summed E-state index contributed by atoms with van der Waals surface area (Å²) >= 11 is 0. The van der Waals surface area contributed by atoms with E-state index >= 15 is 0 Å². The lowest BCUT2D eigenvalue weighted by Crippen LogP contribution is -2.29. The van der Waals surface area contributed by atoms with Gasteiger partial charge in [0.05, 0.1) is 0 Å². The number of Topliss-reactive ketones (excluding diaryl/α,β-unsaturated/α-hetero) is 1. The Labute approximate surface area is 115 Å². The van der Waals surface area contributed by atoms with E-state index in [0.29, 0.717) is 5.41 Å². The molecular formula is C17H23NO. The van der Waals surface area contributed by atoms with Crippen LogP contribution in [0.5, 0.6) is 0 Å². The van der Waals surface area contributed by atoms with Crippen LogP contribution in [0.25, 0.3) is 0 Å². The quantitative estimate of drug-likeness (QED) is 0.745. The minimum absolute atomic E-state index is 0.150. The summed E-state index contributed by atoms with van der Waals surface area (Å²) in [4.78, 5) is 13.8. The molecule has 3 rings (SSSR count). The summed E-state index contributed by atoms with van der Waals surface area (Å²) in [6, 6.07) is 8.14. The molecule has 1 spiro atoms. The highest BCUT2D eigenvalue weighted by atomic mass is 16.1. The number of rotatable bonds is 2.